The van der Waals surface area contributed by atoms with Crippen LogP contribution in [0.5, 0.6) is 5.75 Å². The number of aryl methyl sites for hydroxylation is 3. The Balaban J connectivity index is 2.27. The van der Waals surface area contributed by atoms with Gasteiger partial charge in [0.2, 0.25) is 0 Å². The highest BCUT2D eigenvalue weighted by Crippen LogP contribution is 2.28. The van der Waals surface area contributed by atoms with Crippen LogP contribution >= 0.6 is 0 Å². The molecule has 1 atom stereocenters. The quantitative estimate of drug-likeness (QED) is 0.912. The van der Waals surface area contributed by atoms with Gasteiger partial charge in [0, 0.05) is 24.2 Å². The summed E-state index contributed by atoms with van der Waals surface area (Å²) >= 11 is 0. The van der Waals surface area contributed by atoms with E-state index in [1.54, 1.807) is 7.11 Å². The van der Waals surface area contributed by atoms with Crippen LogP contribution in [0.25, 0.3) is 0 Å². The molecule has 20 heavy (non-hydrogen) atoms. The summed E-state index contributed by atoms with van der Waals surface area (Å²) in [5, 5.41) is 14.9. The zero-order chi connectivity index (χ0) is 14.7. The Morgan fingerprint density at radius 2 is 2.05 bits per heavy atom. The fraction of sp³-hybridized carbons (Fsp3) is 0.438. The SMILES string of the molecule is CCn1nc(C)cc1CC(O)c1cc(C)ccc1OC. The first-order valence-corrected chi connectivity index (χ1v) is 6.91. The van der Waals surface area contributed by atoms with Crippen LogP contribution in [0.15, 0.2) is 24.3 Å². The number of aromatic nitrogens is 2. The summed E-state index contributed by atoms with van der Waals surface area (Å²) in [6.07, 6.45) is -0.0552. The molecule has 0 spiro atoms. The number of hydrogen-bond acceptors (Lipinski definition) is 3. The summed E-state index contributed by atoms with van der Waals surface area (Å²) in [7, 11) is 1.63. The molecular formula is C16H22N2O2. The van der Waals surface area contributed by atoms with E-state index < -0.39 is 6.10 Å². The van der Waals surface area contributed by atoms with E-state index >= 15 is 0 Å². The van der Waals surface area contributed by atoms with E-state index in [1.165, 1.54) is 0 Å². The van der Waals surface area contributed by atoms with Gasteiger partial charge in [-0.25, -0.2) is 0 Å². The highest BCUT2D eigenvalue weighted by molar-refractivity contribution is 5.39. The Bertz CT molecular complexity index is 590. The third kappa shape index (κ3) is 3.02. The van der Waals surface area contributed by atoms with E-state index in [0.717, 1.165) is 34.8 Å². The average molecular weight is 274 g/mol. The fourth-order valence-electron chi connectivity index (χ4n) is 2.46. The topological polar surface area (TPSA) is 47.3 Å². The van der Waals surface area contributed by atoms with Gasteiger partial charge in [0.1, 0.15) is 5.75 Å². The van der Waals surface area contributed by atoms with Crippen LogP contribution in [0.2, 0.25) is 0 Å². The van der Waals surface area contributed by atoms with Crippen molar-refractivity contribution in [2.24, 2.45) is 0 Å². The Hall–Kier alpha value is -1.81. The van der Waals surface area contributed by atoms with Crippen LogP contribution in [-0.4, -0.2) is 22.0 Å². The van der Waals surface area contributed by atoms with E-state index in [0.29, 0.717) is 6.42 Å². The van der Waals surface area contributed by atoms with Crippen LogP contribution in [0.4, 0.5) is 0 Å². The molecule has 0 aliphatic heterocycles. The maximum absolute atomic E-state index is 10.5. The molecule has 0 radical (unpaired) electrons. The van der Waals surface area contributed by atoms with Gasteiger partial charge in [0.25, 0.3) is 0 Å². The lowest BCUT2D eigenvalue weighted by molar-refractivity contribution is 0.171. The van der Waals surface area contributed by atoms with Crippen molar-refractivity contribution < 1.29 is 9.84 Å². The Morgan fingerprint density at radius 3 is 2.70 bits per heavy atom. The Kier molecular flexibility index (Phi) is 4.45. The van der Waals surface area contributed by atoms with E-state index in [2.05, 4.69) is 12.0 Å². The van der Waals surface area contributed by atoms with Crippen LogP contribution in [-0.2, 0) is 13.0 Å². The maximum Gasteiger partial charge on any atom is 0.124 e. The van der Waals surface area contributed by atoms with Crippen LogP contribution in [0.1, 0.15) is 35.5 Å². The largest absolute Gasteiger partial charge is 0.496 e. The van der Waals surface area contributed by atoms with Gasteiger partial charge < -0.3 is 9.84 Å². The van der Waals surface area contributed by atoms with Crippen molar-refractivity contribution in [2.45, 2.75) is 39.8 Å². The first-order valence-electron chi connectivity index (χ1n) is 6.91. The second-order valence-electron chi connectivity index (χ2n) is 5.06. The minimum absolute atomic E-state index is 0.536. The summed E-state index contributed by atoms with van der Waals surface area (Å²) in [5.41, 5.74) is 3.96. The van der Waals surface area contributed by atoms with E-state index in [4.69, 9.17) is 4.74 Å². The van der Waals surface area contributed by atoms with Crippen molar-refractivity contribution in [1.29, 1.82) is 0 Å². The summed E-state index contributed by atoms with van der Waals surface area (Å²) in [4.78, 5) is 0. The molecule has 2 aromatic rings. The number of benzene rings is 1. The number of hydrogen-bond donors (Lipinski definition) is 1. The normalized spacial score (nSPS) is 12.4. The highest BCUT2D eigenvalue weighted by Gasteiger charge is 2.16. The number of ether oxygens (including phenoxy) is 1. The van der Waals surface area contributed by atoms with Crippen molar-refractivity contribution >= 4 is 0 Å². The van der Waals surface area contributed by atoms with Crippen molar-refractivity contribution in [3.63, 3.8) is 0 Å². The lowest BCUT2D eigenvalue weighted by Gasteiger charge is -2.16. The van der Waals surface area contributed by atoms with Crippen molar-refractivity contribution in [3.8, 4) is 5.75 Å². The fourth-order valence-corrected chi connectivity index (χ4v) is 2.46. The molecule has 1 heterocycles. The first kappa shape index (κ1) is 14.6. The third-order valence-corrected chi connectivity index (χ3v) is 3.43. The Morgan fingerprint density at radius 1 is 1.30 bits per heavy atom. The lowest BCUT2D eigenvalue weighted by atomic mass is 10.0. The van der Waals surface area contributed by atoms with Crippen molar-refractivity contribution in [3.05, 3.63) is 46.8 Å². The molecule has 1 unspecified atom stereocenters. The van der Waals surface area contributed by atoms with Crippen LogP contribution in [0.3, 0.4) is 0 Å². The summed E-state index contributed by atoms with van der Waals surface area (Å²) < 4.78 is 7.27. The molecule has 0 saturated heterocycles. The molecule has 4 nitrogen and oxygen atoms in total. The zero-order valence-electron chi connectivity index (χ0n) is 12.6. The van der Waals surface area contributed by atoms with Crippen molar-refractivity contribution in [2.75, 3.05) is 7.11 Å². The molecule has 0 aliphatic rings. The number of aliphatic hydroxyl groups is 1. The lowest BCUT2D eigenvalue weighted by Crippen LogP contribution is -2.09. The second kappa shape index (κ2) is 6.09. The third-order valence-electron chi connectivity index (χ3n) is 3.43. The molecule has 1 aromatic carbocycles. The zero-order valence-corrected chi connectivity index (χ0v) is 12.6. The molecule has 1 N–H and O–H groups in total. The van der Waals surface area contributed by atoms with E-state index in [-0.39, 0.29) is 0 Å². The molecule has 4 heteroatoms. The van der Waals surface area contributed by atoms with Gasteiger partial charge in [-0.1, -0.05) is 11.6 Å². The molecule has 0 fully saturated rings. The highest BCUT2D eigenvalue weighted by atomic mass is 16.5. The summed E-state index contributed by atoms with van der Waals surface area (Å²) in [5.74, 6) is 0.724. The summed E-state index contributed by atoms with van der Waals surface area (Å²) in [6, 6.07) is 7.88. The number of nitrogens with zero attached hydrogens (tertiary/aromatic N) is 2. The van der Waals surface area contributed by atoms with Crippen molar-refractivity contribution in [1.82, 2.24) is 9.78 Å². The minimum Gasteiger partial charge on any atom is -0.496 e. The average Bonchev–Trinajstić information content (AvgIpc) is 2.78. The molecule has 1 aromatic heterocycles. The van der Waals surface area contributed by atoms with Crippen LogP contribution < -0.4 is 4.74 Å². The van der Waals surface area contributed by atoms with E-state index in [1.807, 2.05) is 42.8 Å². The van der Waals surface area contributed by atoms with Gasteiger partial charge in [-0.3, -0.25) is 4.68 Å². The van der Waals surface area contributed by atoms with Gasteiger partial charge in [0.05, 0.1) is 18.9 Å². The number of aliphatic hydroxyl groups excluding tert-OH is 1. The Labute approximate surface area is 120 Å². The molecular weight excluding hydrogens is 252 g/mol. The molecule has 0 aliphatic carbocycles. The molecule has 0 amide bonds. The molecule has 0 bridgehead atoms. The van der Waals surface area contributed by atoms with Gasteiger partial charge in [0.15, 0.2) is 0 Å². The van der Waals surface area contributed by atoms with Gasteiger partial charge >= 0.3 is 0 Å². The van der Waals surface area contributed by atoms with Crippen LogP contribution in [0, 0.1) is 13.8 Å². The first-order chi connectivity index (χ1) is 9.55. The second-order valence-corrected chi connectivity index (χ2v) is 5.06. The summed E-state index contributed by atoms with van der Waals surface area (Å²) in [6.45, 7) is 6.84. The smallest absolute Gasteiger partial charge is 0.124 e. The molecule has 0 saturated carbocycles. The van der Waals surface area contributed by atoms with Gasteiger partial charge in [-0.15, -0.1) is 0 Å². The predicted molar refractivity (Wildman–Crippen MR) is 79.0 cm³/mol. The number of rotatable bonds is 5. The predicted octanol–water partition coefficient (Wildman–Crippen LogP) is 2.80. The van der Waals surface area contributed by atoms with Gasteiger partial charge in [-0.05, 0) is 39.0 Å². The number of methoxy groups -OCH3 is 1. The van der Waals surface area contributed by atoms with E-state index in [9.17, 15) is 5.11 Å². The minimum atomic E-state index is -0.591. The monoisotopic (exact) mass is 274 g/mol. The molecule has 108 valence electrons. The standard InChI is InChI=1S/C16H22N2O2/c1-5-18-13(9-12(3)17-18)10-15(19)14-8-11(2)6-7-16(14)20-4/h6-9,15,19H,5,10H2,1-4H3. The van der Waals surface area contributed by atoms with Gasteiger partial charge in [-0.2, -0.15) is 5.10 Å². The molecule has 2 rings (SSSR count). The maximum atomic E-state index is 10.5.